The molecule has 4 aliphatic carbocycles. The highest BCUT2D eigenvalue weighted by molar-refractivity contribution is 5.15. The molecule has 6 heteroatoms. The van der Waals surface area contributed by atoms with Crippen LogP contribution in [0.4, 0.5) is 0 Å². The van der Waals surface area contributed by atoms with Crippen LogP contribution in [0.15, 0.2) is 0 Å². The van der Waals surface area contributed by atoms with Crippen LogP contribution in [0.25, 0.3) is 0 Å². The second-order valence-corrected chi connectivity index (χ2v) is 14.1. The van der Waals surface area contributed by atoms with Crippen molar-refractivity contribution in [2.75, 3.05) is 0 Å². The summed E-state index contributed by atoms with van der Waals surface area (Å²) in [7, 11) is 0. The second kappa shape index (κ2) is 9.20. The second-order valence-electron chi connectivity index (χ2n) is 14.1. The van der Waals surface area contributed by atoms with Gasteiger partial charge in [-0.15, -0.1) is 0 Å². The molecule has 5 fully saturated rings. The normalized spacial score (nSPS) is 57.3. The molecule has 15 atom stereocenters. The topological polar surface area (TPSA) is 110 Å². The first-order chi connectivity index (χ1) is 16.4. The molecule has 5 aliphatic rings. The van der Waals surface area contributed by atoms with Crippen LogP contribution in [0.5, 0.6) is 0 Å². The number of ether oxygens (including phenoxy) is 1. The molecule has 0 aromatic rings. The van der Waals surface area contributed by atoms with Crippen LogP contribution in [0.1, 0.15) is 86.0 Å². The first kappa shape index (κ1) is 26.4. The smallest absolute Gasteiger partial charge is 0.155 e. The van der Waals surface area contributed by atoms with E-state index in [-0.39, 0.29) is 28.8 Å². The minimum Gasteiger partial charge on any atom is -0.390 e. The van der Waals surface area contributed by atoms with Crippen LogP contribution in [0, 0.1) is 58.2 Å². The fourth-order valence-corrected chi connectivity index (χ4v) is 10.3. The predicted molar refractivity (Wildman–Crippen MR) is 133 cm³/mol. The molecule has 5 rings (SSSR count). The third-order valence-electron chi connectivity index (χ3n) is 12.4. The van der Waals surface area contributed by atoms with Crippen molar-refractivity contribution >= 4 is 0 Å². The maximum atomic E-state index is 11.5. The molecular weight excluding hydrogens is 444 g/mol. The number of fused-ring (bicyclic) bond motifs is 5. The Bertz CT molecular complexity index is 774. The van der Waals surface area contributed by atoms with Gasteiger partial charge in [-0.3, -0.25) is 0 Å². The average molecular weight is 495 g/mol. The quantitative estimate of drug-likeness (QED) is 0.412. The van der Waals surface area contributed by atoms with Crippen molar-refractivity contribution in [3.63, 3.8) is 0 Å². The summed E-state index contributed by atoms with van der Waals surface area (Å²) in [5.41, 5.74) is -0.204. The summed E-state index contributed by atoms with van der Waals surface area (Å²) in [6.07, 6.45) is 2.99. The molecule has 0 radical (unpaired) electrons. The highest BCUT2D eigenvalue weighted by Crippen LogP contribution is 2.68. The van der Waals surface area contributed by atoms with Gasteiger partial charge in [0.15, 0.2) is 6.29 Å². The standard InChI is InChI=1S/C29H50O6/c1-14(2)16-12-21(35-22(31)13-16)15(3)17-6-7-18-23-19(8-10-28(17,18)4)29(5)11-9-20(30)25(32)24(29)27(34)26(23)33/h14-27,30-34H,6-13H2,1-5H3/t15-,16-,17+,18+,19-,20?,21?,22?,23-,24?,25?,26?,27?,28+,29+/m0/s1. The molecule has 1 aliphatic heterocycles. The lowest BCUT2D eigenvalue weighted by atomic mass is 9.42. The Hall–Kier alpha value is -0.240. The van der Waals surface area contributed by atoms with Crippen LogP contribution in [0.3, 0.4) is 0 Å². The first-order valence-electron chi connectivity index (χ1n) is 14.5. The summed E-state index contributed by atoms with van der Waals surface area (Å²) in [6.45, 7) is 11.4. The fraction of sp³-hybridized carbons (Fsp3) is 1.00. The van der Waals surface area contributed by atoms with E-state index in [0.29, 0.717) is 36.0 Å². The van der Waals surface area contributed by atoms with Gasteiger partial charge in [-0.1, -0.05) is 34.6 Å². The van der Waals surface area contributed by atoms with Gasteiger partial charge in [0.05, 0.1) is 30.5 Å². The Morgan fingerprint density at radius 2 is 1.40 bits per heavy atom. The van der Waals surface area contributed by atoms with E-state index in [1.165, 1.54) is 0 Å². The zero-order valence-corrected chi connectivity index (χ0v) is 22.4. The lowest BCUT2D eigenvalue weighted by Gasteiger charge is -2.64. The molecule has 0 aromatic carbocycles. The zero-order valence-electron chi connectivity index (χ0n) is 22.4. The lowest BCUT2D eigenvalue weighted by Crippen LogP contribution is -2.67. The van der Waals surface area contributed by atoms with E-state index < -0.39 is 36.6 Å². The Labute approximate surface area is 211 Å². The minimum atomic E-state index is -1.01. The number of hydrogen-bond acceptors (Lipinski definition) is 6. The van der Waals surface area contributed by atoms with E-state index in [4.69, 9.17) is 4.74 Å². The van der Waals surface area contributed by atoms with E-state index >= 15 is 0 Å². The molecular formula is C29H50O6. The lowest BCUT2D eigenvalue weighted by molar-refractivity contribution is -0.253. The molecule has 1 heterocycles. The van der Waals surface area contributed by atoms with E-state index in [1.54, 1.807) is 0 Å². The number of aliphatic hydroxyl groups excluding tert-OH is 5. The van der Waals surface area contributed by atoms with Crippen LogP contribution in [-0.2, 0) is 4.74 Å². The molecule has 35 heavy (non-hydrogen) atoms. The Morgan fingerprint density at radius 1 is 0.743 bits per heavy atom. The van der Waals surface area contributed by atoms with Crippen molar-refractivity contribution in [2.24, 2.45) is 58.2 Å². The minimum absolute atomic E-state index is 0.0194. The summed E-state index contributed by atoms with van der Waals surface area (Å²) < 4.78 is 6.13. The van der Waals surface area contributed by atoms with Gasteiger partial charge in [0, 0.05) is 12.3 Å². The Kier molecular flexibility index (Phi) is 6.93. The fourth-order valence-electron chi connectivity index (χ4n) is 10.3. The van der Waals surface area contributed by atoms with Crippen molar-refractivity contribution in [1.29, 1.82) is 0 Å². The van der Waals surface area contributed by atoms with Gasteiger partial charge in [0.1, 0.15) is 0 Å². The third-order valence-corrected chi connectivity index (χ3v) is 12.4. The first-order valence-corrected chi connectivity index (χ1v) is 14.5. The molecule has 4 saturated carbocycles. The van der Waals surface area contributed by atoms with Gasteiger partial charge in [0.2, 0.25) is 0 Å². The average Bonchev–Trinajstić information content (AvgIpc) is 3.16. The zero-order chi connectivity index (χ0) is 25.4. The van der Waals surface area contributed by atoms with Gasteiger partial charge in [0.25, 0.3) is 0 Å². The van der Waals surface area contributed by atoms with Crippen LogP contribution in [-0.4, -0.2) is 62.3 Å². The summed E-state index contributed by atoms with van der Waals surface area (Å²) in [6, 6.07) is 0. The van der Waals surface area contributed by atoms with E-state index in [1.807, 2.05) is 0 Å². The number of rotatable bonds is 3. The summed E-state index contributed by atoms with van der Waals surface area (Å²) in [5.74, 6) is 1.92. The number of aliphatic hydroxyl groups is 5. The summed E-state index contributed by atoms with van der Waals surface area (Å²) in [4.78, 5) is 0. The van der Waals surface area contributed by atoms with Crippen LogP contribution in [0.2, 0.25) is 0 Å². The SMILES string of the molecule is CC(C)[C@@H]1CC(O)OC([C@@H](C)[C@H]2CC[C@@H]3[C@@H]4C(O)C(O)C5C(O)C(O)CC[C@]5(C)[C@H]4CC[C@@]32C)C1. The Morgan fingerprint density at radius 3 is 2.09 bits per heavy atom. The summed E-state index contributed by atoms with van der Waals surface area (Å²) in [5, 5.41) is 54.4. The van der Waals surface area contributed by atoms with Crippen molar-refractivity contribution in [2.45, 2.75) is 123 Å². The van der Waals surface area contributed by atoms with Crippen molar-refractivity contribution in [3.8, 4) is 0 Å². The number of hydrogen-bond donors (Lipinski definition) is 5. The van der Waals surface area contributed by atoms with Gasteiger partial charge < -0.3 is 30.3 Å². The Balaban J connectivity index is 1.40. The monoisotopic (exact) mass is 494 g/mol. The predicted octanol–water partition coefficient (Wildman–Crippen LogP) is 3.32. The summed E-state index contributed by atoms with van der Waals surface area (Å²) >= 11 is 0. The third kappa shape index (κ3) is 3.96. The highest BCUT2D eigenvalue weighted by Gasteiger charge is 2.67. The molecule has 1 saturated heterocycles. The maximum absolute atomic E-state index is 11.5. The van der Waals surface area contributed by atoms with Gasteiger partial charge in [-0.05, 0) is 97.2 Å². The molecule has 0 amide bonds. The van der Waals surface area contributed by atoms with E-state index in [2.05, 4.69) is 34.6 Å². The van der Waals surface area contributed by atoms with Gasteiger partial charge in [-0.25, -0.2) is 0 Å². The van der Waals surface area contributed by atoms with Gasteiger partial charge >= 0.3 is 0 Å². The molecule has 0 aromatic heterocycles. The molecule has 5 N–H and O–H groups in total. The van der Waals surface area contributed by atoms with E-state index in [9.17, 15) is 25.5 Å². The molecule has 0 bridgehead atoms. The highest BCUT2D eigenvalue weighted by atomic mass is 16.6. The van der Waals surface area contributed by atoms with Crippen LogP contribution < -0.4 is 0 Å². The van der Waals surface area contributed by atoms with E-state index in [0.717, 1.165) is 44.9 Å². The molecule has 202 valence electrons. The molecule has 6 nitrogen and oxygen atoms in total. The van der Waals surface area contributed by atoms with Crippen molar-refractivity contribution in [1.82, 2.24) is 0 Å². The van der Waals surface area contributed by atoms with Crippen molar-refractivity contribution in [3.05, 3.63) is 0 Å². The molecule has 7 unspecified atom stereocenters. The molecule has 0 spiro atoms. The largest absolute Gasteiger partial charge is 0.390 e. The van der Waals surface area contributed by atoms with Crippen molar-refractivity contribution < 1.29 is 30.3 Å². The van der Waals surface area contributed by atoms with Crippen LogP contribution >= 0.6 is 0 Å². The van der Waals surface area contributed by atoms with Gasteiger partial charge in [-0.2, -0.15) is 0 Å². The maximum Gasteiger partial charge on any atom is 0.155 e.